The molecule has 4 saturated heterocycles. The number of carbonyl (C=O) groups excluding carboxylic acids is 1. The van der Waals surface area contributed by atoms with Crippen molar-refractivity contribution < 1.29 is 22.7 Å². The molecular weight excluding hydrogens is 569 g/mol. The number of aryl methyl sites for hydroxylation is 1. The van der Waals surface area contributed by atoms with E-state index in [-0.39, 0.29) is 30.2 Å². The number of alkyl halides is 1. The minimum Gasteiger partial charge on any atom is -0.461 e. The van der Waals surface area contributed by atoms with Gasteiger partial charge in [-0.05, 0) is 68.7 Å². The lowest BCUT2D eigenvalue weighted by molar-refractivity contribution is -0.130. The summed E-state index contributed by atoms with van der Waals surface area (Å²) in [6.45, 7) is 5.48. The maximum absolute atomic E-state index is 16.6. The molecule has 4 fully saturated rings. The highest BCUT2D eigenvalue weighted by Crippen LogP contribution is 2.43. The Kier molecular flexibility index (Phi) is 6.59. The molecule has 8 rings (SSSR count). The molecule has 5 aliphatic rings. The van der Waals surface area contributed by atoms with Gasteiger partial charge in [0.2, 0.25) is 0 Å². The van der Waals surface area contributed by atoms with Gasteiger partial charge >= 0.3 is 6.01 Å². The molecule has 4 atom stereocenters. The smallest absolute Gasteiger partial charge is 0.319 e. The molecular formula is C33H35F3N6O2. The van der Waals surface area contributed by atoms with Crippen molar-refractivity contribution in [3.8, 4) is 17.1 Å². The van der Waals surface area contributed by atoms with Crippen LogP contribution in [0.1, 0.15) is 49.7 Å². The average Bonchev–Trinajstić information content (AvgIpc) is 3.65. The number of fused-ring (bicyclic) bond motifs is 4. The van der Waals surface area contributed by atoms with Crippen molar-refractivity contribution in [1.82, 2.24) is 24.8 Å². The zero-order chi connectivity index (χ0) is 30.2. The molecule has 44 heavy (non-hydrogen) atoms. The van der Waals surface area contributed by atoms with E-state index >= 15 is 4.39 Å². The molecule has 1 aromatic carbocycles. The predicted molar refractivity (Wildman–Crippen MR) is 159 cm³/mol. The van der Waals surface area contributed by atoms with Crippen LogP contribution in [0.5, 0.6) is 6.01 Å². The summed E-state index contributed by atoms with van der Waals surface area (Å²) in [6, 6.07) is 3.41. The van der Waals surface area contributed by atoms with Crippen molar-refractivity contribution in [2.75, 3.05) is 37.7 Å². The second-order valence-electron chi connectivity index (χ2n) is 13.0. The first-order chi connectivity index (χ1) is 21.3. The molecule has 1 aliphatic carbocycles. The summed E-state index contributed by atoms with van der Waals surface area (Å²) in [5.41, 5.74) is 3.26. The van der Waals surface area contributed by atoms with E-state index in [4.69, 9.17) is 9.72 Å². The number of aromatic nitrogens is 3. The number of likely N-dealkylation sites (tertiary alicyclic amines) is 1. The molecule has 0 bridgehead atoms. The van der Waals surface area contributed by atoms with E-state index in [0.717, 1.165) is 61.8 Å². The lowest BCUT2D eigenvalue weighted by atomic mass is 9.87. The molecule has 3 aromatic rings. The summed E-state index contributed by atoms with van der Waals surface area (Å²) in [7, 11) is 0. The Morgan fingerprint density at radius 2 is 1.93 bits per heavy atom. The van der Waals surface area contributed by atoms with Gasteiger partial charge in [0.25, 0.3) is 5.91 Å². The molecule has 11 heteroatoms. The quantitative estimate of drug-likeness (QED) is 0.369. The third-order valence-electron chi connectivity index (χ3n) is 10.6. The number of anilines is 1. The average molecular weight is 605 g/mol. The number of benzene rings is 1. The third-order valence-corrected chi connectivity index (χ3v) is 10.6. The minimum absolute atomic E-state index is 0.0480. The summed E-state index contributed by atoms with van der Waals surface area (Å²) in [4.78, 5) is 32.0. The Morgan fingerprint density at radius 1 is 1.07 bits per heavy atom. The third kappa shape index (κ3) is 4.29. The summed E-state index contributed by atoms with van der Waals surface area (Å²) < 4.78 is 51.0. The Hall–Kier alpha value is -3.73. The van der Waals surface area contributed by atoms with Crippen molar-refractivity contribution in [1.29, 1.82) is 0 Å². The number of amides is 1. The van der Waals surface area contributed by atoms with E-state index in [1.165, 1.54) is 4.90 Å². The number of halogens is 3. The standard InChI is InChI=1S/C33H35F3N6O2/c1-19(34)31(43)41-12-9-26-27(41)17-42(26)30-24-8-7-23(25-15-37-14-20-5-2-3-6-22(20)25)28(36)29(24)38-32(39-30)44-18-33-10-4-11-40(33)16-21(35)13-33/h7-8,14-15,21,26-27H,1-6,9-13,16-18H2/t21-,26-,27-,33+/m1/s1. The Morgan fingerprint density at radius 3 is 2.80 bits per heavy atom. The van der Waals surface area contributed by atoms with E-state index in [1.54, 1.807) is 12.3 Å². The number of ether oxygens (including phenoxy) is 1. The van der Waals surface area contributed by atoms with Gasteiger partial charge in [-0.2, -0.15) is 9.97 Å². The van der Waals surface area contributed by atoms with E-state index in [1.807, 2.05) is 17.2 Å². The Labute approximate surface area is 253 Å². The lowest BCUT2D eigenvalue weighted by Gasteiger charge is -2.47. The molecule has 0 spiro atoms. The first kappa shape index (κ1) is 27.8. The predicted octanol–water partition coefficient (Wildman–Crippen LogP) is 4.94. The number of rotatable bonds is 6. The van der Waals surface area contributed by atoms with Crippen LogP contribution in [0.4, 0.5) is 19.0 Å². The number of carbonyl (C=O) groups is 1. The van der Waals surface area contributed by atoms with Crippen LogP contribution in [-0.4, -0.2) is 87.2 Å². The van der Waals surface area contributed by atoms with Crippen molar-refractivity contribution in [3.63, 3.8) is 0 Å². The molecule has 2 aromatic heterocycles. The molecule has 6 heterocycles. The van der Waals surface area contributed by atoms with Gasteiger partial charge in [-0.1, -0.05) is 12.6 Å². The van der Waals surface area contributed by atoms with Crippen molar-refractivity contribution in [2.45, 2.75) is 75.2 Å². The van der Waals surface area contributed by atoms with Gasteiger partial charge in [0, 0.05) is 55.0 Å². The van der Waals surface area contributed by atoms with Gasteiger partial charge in [-0.15, -0.1) is 0 Å². The SMILES string of the molecule is C=C(F)C(=O)N1CC[C@@H]2[C@H]1CN2c1nc(OC[C@@]23CCCN2C[C@H](F)C3)nc2c(F)c(-c3cncc4c3CCCC4)ccc12. The molecule has 8 nitrogen and oxygen atoms in total. The van der Waals surface area contributed by atoms with E-state index in [9.17, 15) is 13.6 Å². The molecule has 0 unspecified atom stereocenters. The summed E-state index contributed by atoms with van der Waals surface area (Å²) in [5.74, 6) is -1.60. The summed E-state index contributed by atoms with van der Waals surface area (Å²) in [5, 5.41) is 0.542. The van der Waals surface area contributed by atoms with Crippen molar-refractivity contribution in [2.24, 2.45) is 0 Å². The largest absolute Gasteiger partial charge is 0.461 e. The van der Waals surface area contributed by atoms with Crippen LogP contribution in [0.25, 0.3) is 22.0 Å². The van der Waals surface area contributed by atoms with Crippen LogP contribution >= 0.6 is 0 Å². The topological polar surface area (TPSA) is 74.7 Å². The van der Waals surface area contributed by atoms with Gasteiger partial charge in [-0.3, -0.25) is 14.7 Å². The molecule has 1 amide bonds. The first-order valence-corrected chi connectivity index (χ1v) is 15.7. The van der Waals surface area contributed by atoms with Crippen LogP contribution < -0.4 is 9.64 Å². The summed E-state index contributed by atoms with van der Waals surface area (Å²) >= 11 is 0. The zero-order valence-corrected chi connectivity index (χ0v) is 24.6. The number of pyridine rings is 1. The van der Waals surface area contributed by atoms with Crippen molar-refractivity contribution >= 4 is 22.6 Å². The normalized spacial score (nSPS) is 27.7. The van der Waals surface area contributed by atoms with E-state index in [2.05, 4.69) is 21.4 Å². The fourth-order valence-electron chi connectivity index (χ4n) is 8.43. The van der Waals surface area contributed by atoms with Gasteiger partial charge in [-0.25, -0.2) is 13.2 Å². The van der Waals surface area contributed by atoms with E-state index < -0.39 is 29.3 Å². The number of nitrogens with zero attached hydrogens (tertiary/aromatic N) is 6. The van der Waals surface area contributed by atoms with Gasteiger partial charge in [0.1, 0.15) is 24.1 Å². The monoisotopic (exact) mass is 604 g/mol. The fraction of sp³-hybridized carbons (Fsp3) is 0.515. The highest BCUT2D eigenvalue weighted by atomic mass is 19.1. The minimum atomic E-state index is -0.970. The Bertz CT molecular complexity index is 1680. The zero-order valence-electron chi connectivity index (χ0n) is 24.6. The fourth-order valence-corrected chi connectivity index (χ4v) is 8.43. The highest BCUT2D eigenvalue weighted by molar-refractivity contribution is 5.95. The number of hydrogen-bond acceptors (Lipinski definition) is 7. The van der Waals surface area contributed by atoms with Crippen LogP contribution in [0.15, 0.2) is 36.9 Å². The molecule has 0 radical (unpaired) electrons. The first-order valence-electron chi connectivity index (χ1n) is 15.7. The van der Waals surface area contributed by atoms with Crippen molar-refractivity contribution in [3.05, 3.63) is 53.9 Å². The molecule has 0 N–H and O–H groups in total. The molecule has 230 valence electrons. The molecule has 4 aliphatic heterocycles. The maximum Gasteiger partial charge on any atom is 0.319 e. The van der Waals surface area contributed by atoms with Crippen LogP contribution in [-0.2, 0) is 17.6 Å². The van der Waals surface area contributed by atoms with Gasteiger partial charge < -0.3 is 14.5 Å². The number of hydrogen-bond donors (Lipinski definition) is 0. The maximum atomic E-state index is 16.6. The van der Waals surface area contributed by atoms with Crippen LogP contribution in [0.3, 0.4) is 0 Å². The second-order valence-corrected chi connectivity index (χ2v) is 13.0. The van der Waals surface area contributed by atoms with Crippen LogP contribution in [0.2, 0.25) is 0 Å². The van der Waals surface area contributed by atoms with Gasteiger partial charge in [0.15, 0.2) is 11.6 Å². The molecule has 0 saturated carbocycles. The highest BCUT2D eigenvalue weighted by Gasteiger charge is 2.51. The Balaban J connectivity index is 1.19. The van der Waals surface area contributed by atoms with Crippen LogP contribution in [0, 0.1) is 5.82 Å². The lowest BCUT2D eigenvalue weighted by Crippen LogP contribution is -2.63. The second kappa shape index (κ2) is 10.4. The van der Waals surface area contributed by atoms with E-state index in [0.29, 0.717) is 49.2 Å². The van der Waals surface area contributed by atoms with Gasteiger partial charge in [0.05, 0.1) is 17.6 Å². The summed E-state index contributed by atoms with van der Waals surface area (Å²) in [6.07, 6.45) is 9.51.